The molecule has 0 aliphatic carbocycles. The first kappa shape index (κ1) is 7.05. The van der Waals surface area contributed by atoms with Crippen molar-refractivity contribution in [2.75, 3.05) is 6.61 Å². The van der Waals surface area contributed by atoms with Gasteiger partial charge >= 0.3 is 5.97 Å². The summed E-state index contributed by atoms with van der Waals surface area (Å²) in [7, 11) is 0. The van der Waals surface area contributed by atoms with E-state index in [9.17, 15) is 4.79 Å². The highest BCUT2D eigenvalue weighted by Gasteiger charge is 2.20. The van der Waals surface area contributed by atoms with Crippen LogP contribution < -0.4 is 5.43 Å². The zero-order valence-corrected chi connectivity index (χ0v) is 5.83. The first-order valence-corrected chi connectivity index (χ1v) is 3.28. The van der Waals surface area contributed by atoms with Gasteiger partial charge in [-0.3, -0.25) is 5.43 Å². The summed E-state index contributed by atoms with van der Waals surface area (Å²) in [6.07, 6.45) is 2.31. The predicted molar refractivity (Wildman–Crippen MR) is 36.7 cm³/mol. The molecule has 0 amide bonds. The van der Waals surface area contributed by atoms with E-state index >= 15 is 0 Å². The van der Waals surface area contributed by atoms with Gasteiger partial charge < -0.3 is 4.74 Å². The molecule has 1 aliphatic rings. The fourth-order valence-corrected chi connectivity index (χ4v) is 0.745. The second kappa shape index (κ2) is 3.20. The highest BCUT2D eigenvalue weighted by Crippen LogP contribution is 1.98. The molecular weight excluding hydrogens is 132 g/mol. The Kier molecular flexibility index (Phi) is 2.25. The first-order chi connectivity index (χ1) is 4.84. The molecule has 0 spiro atoms. The molecular formula is C6H10N2O2. The van der Waals surface area contributed by atoms with E-state index < -0.39 is 0 Å². The van der Waals surface area contributed by atoms with E-state index in [0.717, 1.165) is 0 Å². The number of hydrogen-bond acceptors (Lipinski definition) is 4. The van der Waals surface area contributed by atoms with Crippen molar-refractivity contribution in [3.8, 4) is 0 Å². The molecule has 56 valence electrons. The Morgan fingerprint density at radius 1 is 2.00 bits per heavy atom. The highest BCUT2D eigenvalue weighted by atomic mass is 16.5. The fraction of sp³-hybridized carbons (Fsp3) is 0.667. The van der Waals surface area contributed by atoms with Crippen molar-refractivity contribution in [2.45, 2.75) is 19.4 Å². The summed E-state index contributed by atoms with van der Waals surface area (Å²) in [5.74, 6) is -0.222. The maximum Gasteiger partial charge on any atom is 0.330 e. The van der Waals surface area contributed by atoms with Gasteiger partial charge in [-0.1, -0.05) is 0 Å². The van der Waals surface area contributed by atoms with Crippen molar-refractivity contribution in [3.63, 3.8) is 0 Å². The van der Waals surface area contributed by atoms with Gasteiger partial charge in [0.2, 0.25) is 0 Å². The largest absolute Gasteiger partial charge is 0.464 e. The minimum atomic E-state index is -0.250. The SMILES string of the molecule is CCOC(=O)[C@@H]1CC=NN1. The smallest absolute Gasteiger partial charge is 0.330 e. The molecule has 1 rings (SSSR count). The van der Waals surface area contributed by atoms with E-state index in [4.69, 9.17) is 4.74 Å². The van der Waals surface area contributed by atoms with E-state index in [1.807, 2.05) is 0 Å². The lowest BCUT2D eigenvalue weighted by atomic mass is 10.2. The monoisotopic (exact) mass is 142 g/mol. The van der Waals surface area contributed by atoms with Gasteiger partial charge in [0.05, 0.1) is 6.61 Å². The number of carbonyl (C=O) groups excluding carboxylic acids is 1. The van der Waals surface area contributed by atoms with Gasteiger partial charge in [0.15, 0.2) is 0 Å². The molecule has 4 heteroatoms. The van der Waals surface area contributed by atoms with Crippen molar-refractivity contribution < 1.29 is 9.53 Å². The second-order valence-electron chi connectivity index (χ2n) is 1.98. The van der Waals surface area contributed by atoms with Crippen molar-refractivity contribution in [1.29, 1.82) is 0 Å². The van der Waals surface area contributed by atoms with Crippen LogP contribution in [-0.4, -0.2) is 24.8 Å². The summed E-state index contributed by atoms with van der Waals surface area (Å²) < 4.78 is 4.74. The van der Waals surface area contributed by atoms with E-state index in [1.165, 1.54) is 0 Å². The Bertz CT molecular complexity index is 148. The van der Waals surface area contributed by atoms with Crippen LogP contribution in [0.5, 0.6) is 0 Å². The predicted octanol–water partition coefficient (Wildman–Crippen LogP) is -0.103. The van der Waals surface area contributed by atoms with E-state index in [0.29, 0.717) is 13.0 Å². The topological polar surface area (TPSA) is 50.7 Å². The minimum Gasteiger partial charge on any atom is -0.464 e. The van der Waals surface area contributed by atoms with Gasteiger partial charge in [0.25, 0.3) is 0 Å². The Hall–Kier alpha value is -1.06. The summed E-state index contributed by atoms with van der Waals surface area (Å²) in [4.78, 5) is 10.9. The lowest BCUT2D eigenvalue weighted by molar-refractivity contribution is -0.145. The van der Waals surface area contributed by atoms with Crippen LogP contribution in [0, 0.1) is 0 Å². The van der Waals surface area contributed by atoms with Crippen molar-refractivity contribution in [2.24, 2.45) is 5.10 Å². The molecule has 0 aromatic heterocycles. The molecule has 0 aromatic rings. The zero-order chi connectivity index (χ0) is 7.40. The molecule has 0 unspecified atom stereocenters. The number of rotatable bonds is 2. The summed E-state index contributed by atoms with van der Waals surface area (Å²) in [6, 6.07) is -0.250. The number of hydrogen-bond donors (Lipinski definition) is 1. The van der Waals surface area contributed by atoms with Crippen LogP contribution in [0.25, 0.3) is 0 Å². The Morgan fingerprint density at radius 3 is 3.30 bits per heavy atom. The Morgan fingerprint density at radius 2 is 2.80 bits per heavy atom. The average Bonchev–Trinajstić information content (AvgIpc) is 2.38. The third-order valence-corrected chi connectivity index (χ3v) is 1.23. The summed E-state index contributed by atoms with van der Waals surface area (Å²) >= 11 is 0. The van der Waals surface area contributed by atoms with Gasteiger partial charge in [0.1, 0.15) is 6.04 Å². The van der Waals surface area contributed by atoms with Crippen LogP contribution in [0.15, 0.2) is 5.10 Å². The van der Waals surface area contributed by atoms with Crippen molar-refractivity contribution >= 4 is 12.2 Å². The van der Waals surface area contributed by atoms with Gasteiger partial charge in [-0.05, 0) is 6.92 Å². The number of nitrogens with zero attached hydrogens (tertiary/aromatic N) is 1. The quantitative estimate of drug-likeness (QED) is 0.547. The molecule has 0 aromatic carbocycles. The minimum absolute atomic E-state index is 0.222. The third-order valence-electron chi connectivity index (χ3n) is 1.23. The number of nitrogens with one attached hydrogen (secondary N) is 1. The van der Waals surface area contributed by atoms with Crippen molar-refractivity contribution in [1.82, 2.24) is 5.43 Å². The van der Waals surface area contributed by atoms with Crippen LogP contribution in [0.4, 0.5) is 0 Å². The fourth-order valence-electron chi connectivity index (χ4n) is 0.745. The molecule has 1 heterocycles. The Labute approximate surface area is 59.2 Å². The number of hydrazone groups is 1. The molecule has 0 fully saturated rings. The van der Waals surface area contributed by atoms with Crippen LogP contribution in [0.2, 0.25) is 0 Å². The molecule has 10 heavy (non-hydrogen) atoms. The van der Waals surface area contributed by atoms with Gasteiger partial charge in [-0.2, -0.15) is 5.10 Å². The Balaban J connectivity index is 2.28. The molecule has 1 N–H and O–H groups in total. The van der Waals surface area contributed by atoms with Crippen LogP contribution in [0.1, 0.15) is 13.3 Å². The number of esters is 1. The molecule has 1 aliphatic heterocycles. The number of ether oxygens (including phenoxy) is 1. The molecule has 1 atom stereocenters. The lowest BCUT2D eigenvalue weighted by Crippen LogP contribution is -2.31. The molecule has 0 saturated carbocycles. The summed E-state index contributed by atoms with van der Waals surface area (Å²) in [6.45, 7) is 2.21. The average molecular weight is 142 g/mol. The third kappa shape index (κ3) is 1.46. The first-order valence-electron chi connectivity index (χ1n) is 3.28. The highest BCUT2D eigenvalue weighted by molar-refractivity contribution is 5.81. The molecule has 0 saturated heterocycles. The number of carbonyl (C=O) groups is 1. The summed E-state index contributed by atoms with van der Waals surface area (Å²) in [5.41, 5.74) is 2.64. The van der Waals surface area contributed by atoms with Gasteiger partial charge in [-0.15, -0.1) is 0 Å². The van der Waals surface area contributed by atoms with E-state index in [-0.39, 0.29) is 12.0 Å². The molecule has 0 bridgehead atoms. The second-order valence-corrected chi connectivity index (χ2v) is 1.98. The van der Waals surface area contributed by atoms with Gasteiger partial charge in [-0.25, -0.2) is 4.79 Å². The van der Waals surface area contributed by atoms with Crippen LogP contribution in [0.3, 0.4) is 0 Å². The van der Waals surface area contributed by atoms with E-state index in [2.05, 4.69) is 10.5 Å². The molecule has 0 radical (unpaired) electrons. The molecule has 4 nitrogen and oxygen atoms in total. The lowest BCUT2D eigenvalue weighted by Gasteiger charge is -2.06. The maximum atomic E-state index is 10.9. The normalized spacial score (nSPS) is 22.3. The summed E-state index contributed by atoms with van der Waals surface area (Å²) in [5, 5.41) is 3.69. The standard InChI is InChI=1S/C6H10N2O2/c1-2-10-6(9)5-3-4-7-8-5/h4-5,8H,2-3H2,1H3/t5-/m0/s1. The van der Waals surface area contributed by atoms with Crippen LogP contribution in [-0.2, 0) is 9.53 Å². The van der Waals surface area contributed by atoms with Crippen LogP contribution >= 0.6 is 0 Å². The van der Waals surface area contributed by atoms with Crippen molar-refractivity contribution in [3.05, 3.63) is 0 Å². The zero-order valence-electron chi connectivity index (χ0n) is 5.83. The van der Waals surface area contributed by atoms with E-state index in [1.54, 1.807) is 13.1 Å². The maximum absolute atomic E-state index is 10.9. The van der Waals surface area contributed by atoms with Gasteiger partial charge in [0, 0.05) is 12.6 Å².